The Hall–Kier alpha value is -2.22. The number of anilines is 1. The van der Waals surface area contributed by atoms with E-state index in [-0.39, 0.29) is 10.8 Å². The molecule has 0 aliphatic heterocycles. The molecule has 29 heavy (non-hydrogen) atoms. The Morgan fingerprint density at radius 3 is 2.24 bits per heavy atom. The molecule has 0 saturated carbocycles. The minimum absolute atomic E-state index is 0.0953. The number of ether oxygens (including phenoxy) is 1. The molecule has 0 amide bonds. The van der Waals surface area contributed by atoms with Crippen LogP contribution in [0.3, 0.4) is 0 Å². The van der Waals surface area contributed by atoms with Gasteiger partial charge in [0.25, 0.3) is 0 Å². The van der Waals surface area contributed by atoms with Gasteiger partial charge in [-0.3, -0.25) is 0 Å². The molecule has 0 bridgehead atoms. The quantitative estimate of drug-likeness (QED) is 0.515. The molecule has 0 unspecified atom stereocenters. The van der Waals surface area contributed by atoms with Crippen molar-refractivity contribution in [1.82, 2.24) is 0 Å². The van der Waals surface area contributed by atoms with E-state index in [1.807, 2.05) is 6.07 Å². The molecular weight excluding hydrogens is 354 g/mol. The van der Waals surface area contributed by atoms with Gasteiger partial charge in [-0.05, 0) is 53.9 Å². The second kappa shape index (κ2) is 8.26. The molecule has 156 valence electrons. The summed E-state index contributed by atoms with van der Waals surface area (Å²) in [5.41, 5.74) is 7.01. The Morgan fingerprint density at radius 2 is 1.66 bits per heavy atom. The van der Waals surface area contributed by atoms with Crippen molar-refractivity contribution in [2.24, 2.45) is 5.41 Å². The molecule has 0 atom stereocenters. The number of benzene rings is 2. The second-order valence-corrected chi connectivity index (χ2v) is 9.77. The summed E-state index contributed by atoms with van der Waals surface area (Å²) in [5, 5.41) is 0. The summed E-state index contributed by atoms with van der Waals surface area (Å²) in [6.07, 6.45) is 3.53. The van der Waals surface area contributed by atoms with Crippen LogP contribution in [-0.4, -0.2) is 13.1 Å². The molecule has 1 aliphatic carbocycles. The van der Waals surface area contributed by atoms with Gasteiger partial charge in [0, 0.05) is 30.4 Å². The first kappa shape index (κ1) is 21.5. The molecule has 2 nitrogen and oxygen atoms in total. The Morgan fingerprint density at radius 1 is 1.00 bits per heavy atom. The molecule has 3 rings (SSSR count). The first-order valence-corrected chi connectivity index (χ1v) is 11.0. The Balaban J connectivity index is 2.12. The third-order valence-corrected chi connectivity index (χ3v) is 6.07. The van der Waals surface area contributed by atoms with Gasteiger partial charge in [-0.1, -0.05) is 71.0 Å². The Kier molecular flexibility index (Phi) is 6.12. The van der Waals surface area contributed by atoms with E-state index in [1.54, 1.807) is 0 Å². The highest BCUT2D eigenvalue weighted by Crippen LogP contribution is 2.50. The lowest BCUT2D eigenvalue weighted by molar-refractivity contribution is 0.305. The highest BCUT2D eigenvalue weighted by atomic mass is 16.5. The van der Waals surface area contributed by atoms with Gasteiger partial charge in [-0.25, -0.2) is 0 Å². The minimum Gasteiger partial charge on any atom is -0.489 e. The van der Waals surface area contributed by atoms with Crippen molar-refractivity contribution in [3.05, 3.63) is 65.2 Å². The van der Waals surface area contributed by atoms with Gasteiger partial charge < -0.3 is 9.64 Å². The predicted octanol–water partition coefficient (Wildman–Crippen LogP) is 7.22. The average molecular weight is 392 g/mol. The van der Waals surface area contributed by atoms with E-state index in [9.17, 15) is 0 Å². The van der Waals surface area contributed by atoms with Crippen molar-refractivity contribution >= 4 is 11.3 Å². The molecule has 2 aromatic rings. The second-order valence-electron chi connectivity index (χ2n) is 9.77. The number of fused-ring (bicyclic) bond motifs is 1. The van der Waals surface area contributed by atoms with E-state index < -0.39 is 0 Å². The van der Waals surface area contributed by atoms with Gasteiger partial charge in [0.15, 0.2) is 0 Å². The SMILES string of the molecule is CCN(CC)c1cc(OCc2ccccc2)cc2c1C(C(C)(C)C)=CCC2(C)C. The maximum absolute atomic E-state index is 6.31. The van der Waals surface area contributed by atoms with Crippen molar-refractivity contribution in [3.8, 4) is 5.75 Å². The third-order valence-electron chi connectivity index (χ3n) is 6.07. The van der Waals surface area contributed by atoms with Crippen molar-refractivity contribution in [2.75, 3.05) is 18.0 Å². The molecule has 0 heterocycles. The topological polar surface area (TPSA) is 12.5 Å². The summed E-state index contributed by atoms with van der Waals surface area (Å²) in [6, 6.07) is 15.0. The van der Waals surface area contributed by atoms with E-state index in [0.29, 0.717) is 6.61 Å². The molecule has 0 saturated heterocycles. The van der Waals surface area contributed by atoms with E-state index in [2.05, 4.69) is 95.8 Å². The van der Waals surface area contributed by atoms with Crippen LogP contribution < -0.4 is 9.64 Å². The van der Waals surface area contributed by atoms with Crippen molar-refractivity contribution in [1.29, 1.82) is 0 Å². The summed E-state index contributed by atoms with van der Waals surface area (Å²) in [5.74, 6) is 0.970. The van der Waals surface area contributed by atoms with Crippen LogP contribution in [0.4, 0.5) is 5.69 Å². The normalized spacial score (nSPS) is 15.5. The summed E-state index contributed by atoms with van der Waals surface area (Å²) in [6.45, 7) is 18.7. The van der Waals surface area contributed by atoms with Gasteiger partial charge in [-0.15, -0.1) is 0 Å². The molecule has 0 fully saturated rings. The van der Waals surface area contributed by atoms with Crippen LogP contribution in [-0.2, 0) is 12.0 Å². The molecular formula is C27H37NO. The van der Waals surface area contributed by atoms with Gasteiger partial charge in [0.1, 0.15) is 12.4 Å². The van der Waals surface area contributed by atoms with Gasteiger partial charge >= 0.3 is 0 Å². The first-order chi connectivity index (χ1) is 13.7. The zero-order valence-corrected chi connectivity index (χ0v) is 19.3. The third kappa shape index (κ3) is 4.52. The summed E-state index contributed by atoms with van der Waals surface area (Å²) >= 11 is 0. The fourth-order valence-corrected chi connectivity index (χ4v) is 4.31. The Labute approximate surface area is 177 Å². The molecule has 0 radical (unpaired) electrons. The monoisotopic (exact) mass is 391 g/mol. The number of rotatable bonds is 6. The first-order valence-electron chi connectivity index (χ1n) is 11.0. The fraction of sp³-hybridized carbons (Fsp3) is 0.481. The number of allylic oxidation sites excluding steroid dienone is 2. The van der Waals surface area contributed by atoms with Crippen LogP contribution in [0.5, 0.6) is 5.75 Å². The lowest BCUT2D eigenvalue weighted by atomic mass is 9.67. The minimum atomic E-state index is 0.0953. The van der Waals surface area contributed by atoms with Crippen LogP contribution in [0, 0.1) is 5.41 Å². The van der Waals surface area contributed by atoms with E-state index in [1.165, 1.54) is 28.0 Å². The molecule has 1 aliphatic rings. The van der Waals surface area contributed by atoms with Crippen LogP contribution in [0.25, 0.3) is 5.57 Å². The lowest BCUT2D eigenvalue weighted by Crippen LogP contribution is -2.30. The maximum Gasteiger partial charge on any atom is 0.122 e. The van der Waals surface area contributed by atoms with Crippen molar-refractivity contribution in [2.45, 2.75) is 66.9 Å². The molecule has 0 spiro atoms. The number of nitrogens with zero attached hydrogens (tertiary/aromatic N) is 1. The van der Waals surface area contributed by atoms with Crippen LogP contribution in [0.2, 0.25) is 0 Å². The standard InChI is InChI=1S/C27H37NO/c1-8-28(9-2)24-18-21(29-19-20-13-11-10-12-14-20)17-23-25(24)22(26(3,4)5)15-16-27(23,6)7/h10-15,17-18H,8-9,16,19H2,1-7H3. The molecule has 2 heteroatoms. The lowest BCUT2D eigenvalue weighted by Gasteiger charge is -2.40. The van der Waals surface area contributed by atoms with E-state index in [4.69, 9.17) is 4.74 Å². The molecule has 0 aromatic heterocycles. The van der Waals surface area contributed by atoms with Crippen LogP contribution in [0.15, 0.2) is 48.5 Å². The molecule has 0 N–H and O–H groups in total. The molecule has 2 aromatic carbocycles. The average Bonchev–Trinajstić information content (AvgIpc) is 2.67. The van der Waals surface area contributed by atoms with Crippen molar-refractivity contribution < 1.29 is 4.74 Å². The van der Waals surface area contributed by atoms with E-state index >= 15 is 0 Å². The highest BCUT2D eigenvalue weighted by Gasteiger charge is 2.35. The van der Waals surface area contributed by atoms with Crippen LogP contribution >= 0.6 is 0 Å². The fourth-order valence-electron chi connectivity index (χ4n) is 4.31. The summed E-state index contributed by atoms with van der Waals surface area (Å²) in [4.78, 5) is 2.47. The maximum atomic E-state index is 6.31. The van der Waals surface area contributed by atoms with E-state index in [0.717, 1.165) is 25.3 Å². The predicted molar refractivity (Wildman–Crippen MR) is 126 cm³/mol. The Bertz CT molecular complexity index is 867. The van der Waals surface area contributed by atoms with Gasteiger partial charge in [0.05, 0.1) is 0 Å². The smallest absolute Gasteiger partial charge is 0.122 e. The van der Waals surface area contributed by atoms with Gasteiger partial charge in [0.2, 0.25) is 0 Å². The number of hydrogen-bond donors (Lipinski definition) is 0. The van der Waals surface area contributed by atoms with Gasteiger partial charge in [-0.2, -0.15) is 0 Å². The highest BCUT2D eigenvalue weighted by molar-refractivity contribution is 5.85. The zero-order valence-electron chi connectivity index (χ0n) is 19.3. The largest absolute Gasteiger partial charge is 0.489 e. The number of hydrogen-bond acceptors (Lipinski definition) is 2. The van der Waals surface area contributed by atoms with Crippen LogP contribution in [0.1, 0.15) is 71.6 Å². The summed E-state index contributed by atoms with van der Waals surface area (Å²) in [7, 11) is 0. The zero-order chi connectivity index (χ0) is 21.2. The summed E-state index contributed by atoms with van der Waals surface area (Å²) < 4.78 is 6.31. The van der Waals surface area contributed by atoms with Crippen molar-refractivity contribution in [3.63, 3.8) is 0 Å².